The van der Waals surface area contributed by atoms with Crippen LogP contribution in [0.5, 0.6) is 0 Å². The van der Waals surface area contributed by atoms with Crippen LogP contribution in [0.25, 0.3) is 0 Å². The van der Waals surface area contributed by atoms with E-state index in [-0.39, 0.29) is 25.2 Å². The molecule has 2 N–H and O–H groups in total. The largest absolute Gasteiger partial charge is 0.416 e. The molecule has 2 aliphatic heterocycles. The van der Waals surface area contributed by atoms with E-state index < -0.39 is 35.7 Å². The van der Waals surface area contributed by atoms with Crippen molar-refractivity contribution < 1.29 is 32.9 Å². The summed E-state index contributed by atoms with van der Waals surface area (Å²) in [6.45, 7) is -0.119. The molecule has 0 saturated carbocycles. The van der Waals surface area contributed by atoms with Crippen molar-refractivity contribution >= 4 is 0 Å². The van der Waals surface area contributed by atoms with Crippen molar-refractivity contribution in [2.45, 2.75) is 36.5 Å². The van der Waals surface area contributed by atoms with Crippen LogP contribution in [0, 0.1) is 0 Å². The van der Waals surface area contributed by atoms with Crippen LogP contribution in [-0.2, 0) is 22.1 Å². The highest BCUT2D eigenvalue weighted by molar-refractivity contribution is 5.32. The summed E-state index contributed by atoms with van der Waals surface area (Å²) in [5, 5.41) is 19.9. The lowest BCUT2D eigenvalue weighted by Crippen LogP contribution is -2.49. The fourth-order valence-electron chi connectivity index (χ4n) is 3.13. The quantitative estimate of drug-likeness (QED) is 0.860. The van der Waals surface area contributed by atoms with E-state index in [1.165, 1.54) is 18.2 Å². The van der Waals surface area contributed by atoms with Crippen molar-refractivity contribution in [1.82, 2.24) is 0 Å². The summed E-state index contributed by atoms with van der Waals surface area (Å²) in [7, 11) is 0. The minimum absolute atomic E-state index is 0.0219. The average molecular weight is 304 g/mol. The Morgan fingerprint density at radius 2 is 1.90 bits per heavy atom. The second kappa shape index (κ2) is 4.95. The third-order valence-corrected chi connectivity index (χ3v) is 4.14. The van der Waals surface area contributed by atoms with Gasteiger partial charge in [0.25, 0.3) is 0 Å². The molecule has 1 aromatic rings. The van der Waals surface area contributed by atoms with Gasteiger partial charge >= 0.3 is 6.18 Å². The molecule has 2 saturated heterocycles. The van der Waals surface area contributed by atoms with Crippen LogP contribution in [0.2, 0.25) is 0 Å². The third-order valence-electron chi connectivity index (χ3n) is 4.14. The van der Waals surface area contributed by atoms with Crippen molar-refractivity contribution in [1.29, 1.82) is 0 Å². The first-order valence-corrected chi connectivity index (χ1v) is 6.61. The van der Waals surface area contributed by atoms with Crippen molar-refractivity contribution in [3.8, 4) is 0 Å². The lowest BCUT2D eigenvalue weighted by Gasteiger charge is -2.31. The van der Waals surface area contributed by atoms with E-state index in [1.54, 1.807) is 0 Å². The fourth-order valence-corrected chi connectivity index (χ4v) is 3.13. The van der Waals surface area contributed by atoms with Crippen LogP contribution >= 0.6 is 0 Å². The first kappa shape index (κ1) is 14.8. The molecule has 1 aromatic carbocycles. The minimum atomic E-state index is -4.48. The van der Waals surface area contributed by atoms with E-state index >= 15 is 0 Å². The maximum atomic E-state index is 13.1. The predicted molar refractivity (Wildman–Crippen MR) is 65.6 cm³/mol. The molecule has 0 aromatic heterocycles. The summed E-state index contributed by atoms with van der Waals surface area (Å²) >= 11 is 0. The zero-order chi connectivity index (χ0) is 15.3. The van der Waals surface area contributed by atoms with Gasteiger partial charge in [0, 0.05) is 6.42 Å². The maximum absolute atomic E-state index is 13.1. The Bertz CT molecular complexity index is 533. The summed E-state index contributed by atoms with van der Waals surface area (Å²) < 4.78 is 49.9. The van der Waals surface area contributed by atoms with E-state index in [0.717, 1.165) is 6.07 Å². The van der Waals surface area contributed by atoms with E-state index in [2.05, 4.69) is 0 Å². The Morgan fingerprint density at radius 1 is 1.19 bits per heavy atom. The lowest BCUT2D eigenvalue weighted by molar-refractivity contribution is -0.139. The number of alkyl halides is 3. The molecule has 4 nitrogen and oxygen atoms in total. The number of fused-ring (bicyclic) bond motifs is 1. The van der Waals surface area contributed by atoms with Crippen molar-refractivity contribution in [2.75, 3.05) is 13.2 Å². The van der Waals surface area contributed by atoms with E-state index in [0.29, 0.717) is 0 Å². The number of halogens is 3. The predicted octanol–water partition coefficient (Wildman–Crippen LogP) is 1.14. The molecule has 116 valence electrons. The van der Waals surface area contributed by atoms with Crippen LogP contribution in [0.1, 0.15) is 11.1 Å². The first-order valence-electron chi connectivity index (χ1n) is 6.61. The summed E-state index contributed by atoms with van der Waals surface area (Å²) in [4.78, 5) is 0. The standard InChI is InChI=1S/C14H15F3O4/c15-14(16,17)9-4-2-1-3-8(9)5-13-11(19)7-20-12(13)10(18)6-21-13/h1-4,10-12,18-19H,5-7H2/t10-,11+,12-,13-/m1/s1. The Kier molecular flexibility index (Phi) is 3.48. The van der Waals surface area contributed by atoms with Gasteiger partial charge in [0.15, 0.2) is 0 Å². The van der Waals surface area contributed by atoms with Crippen LogP contribution in [-0.4, -0.2) is 47.3 Å². The van der Waals surface area contributed by atoms with Gasteiger partial charge in [0.05, 0.1) is 18.8 Å². The molecule has 3 rings (SSSR count). The molecule has 2 heterocycles. The molecule has 0 amide bonds. The lowest BCUT2D eigenvalue weighted by atomic mass is 9.84. The zero-order valence-electron chi connectivity index (χ0n) is 11.0. The fraction of sp³-hybridized carbons (Fsp3) is 0.571. The molecule has 0 bridgehead atoms. The maximum Gasteiger partial charge on any atom is 0.416 e. The summed E-state index contributed by atoms with van der Waals surface area (Å²) in [6.07, 6.45) is -7.47. The Hall–Kier alpha value is -1.15. The topological polar surface area (TPSA) is 58.9 Å². The minimum Gasteiger partial charge on any atom is -0.388 e. The number of hydrogen-bond acceptors (Lipinski definition) is 4. The van der Waals surface area contributed by atoms with Gasteiger partial charge in [-0.15, -0.1) is 0 Å². The van der Waals surface area contributed by atoms with E-state index in [9.17, 15) is 23.4 Å². The highest BCUT2D eigenvalue weighted by Gasteiger charge is 2.59. The number of rotatable bonds is 2. The number of benzene rings is 1. The van der Waals surface area contributed by atoms with E-state index in [4.69, 9.17) is 9.47 Å². The van der Waals surface area contributed by atoms with Gasteiger partial charge in [-0.25, -0.2) is 0 Å². The second-order valence-corrected chi connectivity index (χ2v) is 5.43. The van der Waals surface area contributed by atoms with Crippen molar-refractivity contribution in [3.63, 3.8) is 0 Å². The molecule has 21 heavy (non-hydrogen) atoms. The van der Waals surface area contributed by atoms with Gasteiger partial charge in [0.1, 0.15) is 23.9 Å². The Morgan fingerprint density at radius 3 is 2.62 bits per heavy atom. The highest BCUT2D eigenvalue weighted by Crippen LogP contribution is 2.42. The summed E-state index contributed by atoms with van der Waals surface area (Å²) in [5.74, 6) is 0. The van der Waals surface area contributed by atoms with Gasteiger partial charge in [0.2, 0.25) is 0 Å². The molecule has 0 unspecified atom stereocenters. The van der Waals surface area contributed by atoms with Crippen molar-refractivity contribution in [3.05, 3.63) is 35.4 Å². The van der Waals surface area contributed by atoms with Crippen LogP contribution in [0.4, 0.5) is 13.2 Å². The molecule has 0 aliphatic carbocycles. The second-order valence-electron chi connectivity index (χ2n) is 5.43. The first-order chi connectivity index (χ1) is 9.84. The van der Waals surface area contributed by atoms with Crippen LogP contribution in [0.3, 0.4) is 0 Å². The summed E-state index contributed by atoms with van der Waals surface area (Å²) in [6, 6.07) is 5.17. The smallest absolute Gasteiger partial charge is 0.388 e. The number of aliphatic hydroxyl groups excluding tert-OH is 2. The molecule has 0 radical (unpaired) electrons. The van der Waals surface area contributed by atoms with Crippen molar-refractivity contribution in [2.24, 2.45) is 0 Å². The average Bonchev–Trinajstić information content (AvgIpc) is 2.89. The van der Waals surface area contributed by atoms with Gasteiger partial charge < -0.3 is 19.7 Å². The van der Waals surface area contributed by atoms with Gasteiger partial charge in [-0.1, -0.05) is 18.2 Å². The van der Waals surface area contributed by atoms with Crippen LogP contribution in [0.15, 0.2) is 24.3 Å². The molecule has 2 fully saturated rings. The molecule has 2 aliphatic rings. The summed E-state index contributed by atoms with van der Waals surface area (Å²) in [5.41, 5.74) is -2.06. The van der Waals surface area contributed by atoms with Crippen LogP contribution < -0.4 is 0 Å². The molecule has 4 atom stereocenters. The SMILES string of the molecule is O[C@@H]1CO[C@@]2(Cc3ccccc3C(F)(F)F)[C@@H]1OC[C@@H]2O. The monoisotopic (exact) mass is 304 g/mol. The van der Waals surface area contributed by atoms with Gasteiger partial charge in [-0.2, -0.15) is 13.2 Å². The Labute approximate surface area is 119 Å². The highest BCUT2D eigenvalue weighted by atomic mass is 19.4. The number of ether oxygens (including phenoxy) is 2. The Balaban J connectivity index is 1.97. The molecular formula is C14H15F3O4. The third kappa shape index (κ3) is 2.34. The van der Waals surface area contributed by atoms with E-state index in [1.807, 2.05) is 0 Å². The molecule has 7 heteroatoms. The van der Waals surface area contributed by atoms with Gasteiger partial charge in [-0.05, 0) is 11.6 Å². The zero-order valence-corrected chi connectivity index (χ0v) is 11.0. The number of aliphatic hydroxyl groups is 2. The number of hydrogen-bond donors (Lipinski definition) is 2. The molecule has 0 spiro atoms. The normalized spacial score (nSPS) is 36.0. The van der Waals surface area contributed by atoms with Gasteiger partial charge in [-0.3, -0.25) is 0 Å². The molecular weight excluding hydrogens is 289 g/mol.